The molecule has 0 aromatic heterocycles. The van der Waals surface area contributed by atoms with E-state index in [-0.39, 0.29) is 16.7 Å². The topological polar surface area (TPSA) is 81.4 Å². The fourth-order valence-corrected chi connectivity index (χ4v) is 3.39. The number of rotatable bonds is 7. The molecule has 19 heavy (non-hydrogen) atoms. The number of nitrogens with two attached hydrogens (primary N) is 1. The van der Waals surface area contributed by atoms with E-state index in [1.54, 1.807) is 6.07 Å². The van der Waals surface area contributed by atoms with Gasteiger partial charge in [-0.1, -0.05) is 20.3 Å². The number of hydrogen-bond donors (Lipinski definition) is 2. The summed E-state index contributed by atoms with van der Waals surface area (Å²) in [4.78, 5) is 0.124. The van der Waals surface area contributed by atoms with Crippen LogP contribution in [-0.4, -0.2) is 21.6 Å². The van der Waals surface area contributed by atoms with E-state index in [1.807, 2.05) is 13.8 Å². The van der Waals surface area contributed by atoms with Crippen molar-refractivity contribution in [2.24, 2.45) is 0 Å². The number of nitrogen functional groups attached to an aromatic ring is 1. The van der Waals surface area contributed by atoms with Gasteiger partial charge in [0.15, 0.2) is 0 Å². The molecule has 0 bridgehead atoms. The molecule has 1 atom stereocenters. The van der Waals surface area contributed by atoms with Crippen LogP contribution in [0.2, 0.25) is 0 Å². The summed E-state index contributed by atoms with van der Waals surface area (Å²) in [6.07, 6.45) is 2.50. The summed E-state index contributed by atoms with van der Waals surface area (Å²) in [7, 11) is -2.16. The molecular formula is C13H22N2O3S. The van der Waals surface area contributed by atoms with Crippen molar-refractivity contribution in [2.75, 3.05) is 12.8 Å². The zero-order valence-corrected chi connectivity index (χ0v) is 12.5. The Labute approximate surface area is 115 Å². The maximum Gasteiger partial charge on any atom is 0.244 e. The Morgan fingerprint density at radius 2 is 2.05 bits per heavy atom. The van der Waals surface area contributed by atoms with Crippen LogP contribution in [0.3, 0.4) is 0 Å². The van der Waals surface area contributed by atoms with Gasteiger partial charge in [-0.25, -0.2) is 13.1 Å². The number of nitrogens with one attached hydrogen (secondary N) is 1. The highest BCUT2D eigenvalue weighted by Crippen LogP contribution is 2.26. The number of sulfonamides is 1. The summed E-state index contributed by atoms with van der Waals surface area (Å²) in [5.41, 5.74) is 6.10. The predicted molar refractivity (Wildman–Crippen MR) is 76.7 cm³/mol. The molecule has 0 aliphatic heterocycles. The largest absolute Gasteiger partial charge is 0.495 e. The smallest absolute Gasteiger partial charge is 0.244 e. The molecule has 0 heterocycles. The molecular weight excluding hydrogens is 264 g/mol. The molecule has 0 aliphatic rings. The van der Waals surface area contributed by atoms with Crippen molar-refractivity contribution in [2.45, 2.75) is 44.0 Å². The van der Waals surface area contributed by atoms with Crippen molar-refractivity contribution >= 4 is 15.7 Å². The molecule has 3 N–H and O–H groups in total. The lowest BCUT2D eigenvalue weighted by Crippen LogP contribution is -2.34. The molecule has 1 unspecified atom stereocenters. The third kappa shape index (κ3) is 4.11. The fourth-order valence-electron chi connectivity index (χ4n) is 1.88. The van der Waals surface area contributed by atoms with Crippen molar-refractivity contribution in [3.8, 4) is 5.75 Å². The standard InChI is InChI=1S/C13H22N2O3S/c1-4-6-11(5-2)15-19(16,17)13-8-7-10(14)9-12(13)18-3/h7-9,11,15H,4-6,14H2,1-3H3. The molecule has 0 spiro atoms. The predicted octanol–water partition coefficient (Wildman–Crippen LogP) is 2.13. The highest BCUT2D eigenvalue weighted by molar-refractivity contribution is 7.89. The van der Waals surface area contributed by atoms with Crippen LogP contribution in [0.4, 0.5) is 5.69 Å². The Morgan fingerprint density at radius 3 is 2.58 bits per heavy atom. The molecule has 1 aromatic rings. The van der Waals surface area contributed by atoms with Crippen molar-refractivity contribution in [1.29, 1.82) is 0 Å². The number of ether oxygens (including phenoxy) is 1. The van der Waals surface area contributed by atoms with Gasteiger partial charge in [0, 0.05) is 17.8 Å². The first-order valence-corrected chi connectivity index (χ1v) is 7.88. The average Bonchev–Trinajstić information content (AvgIpc) is 2.37. The molecule has 108 valence electrons. The lowest BCUT2D eigenvalue weighted by molar-refractivity contribution is 0.402. The van der Waals surface area contributed by atoms with E-state index in [1.165, 1.54) is 19.2 Å². The third-order valence-corrected chi connectivity index (χ3v) is 4.49. The number of methoxy groups -OCH3 is 1. The van der Waals surface area contributed by atoms with Gasteiger partial charge in [0.1, 0.15) is 10.6 Å². The van der Waals surface area contributed by atoms with E-state index in [0.717, 1.165) is 19.3 Å². The number of benzene rings is 1. The monoisotopic (exact) mass is 286 g/mol. The Balaban J connectivity index is 3.06. The summed E-state index contributed by atoms with van der Waals surface area (Å²) in [6.45, 7) is 3.99. The Morgan fingerprint density at radius 1 is 1.37 bits per heavy atom. The first-order chi connectivity index (χ1) is 8.94. The summed E-state index contributed by atoms with van der Waals surface area (Å²) in [5.74, 6) is 0.263. The molecule has 0 radical (unpaired) electrons. The van der Waals surface area contributed by atoms with Gasteiger partial charge in [-0.3, -0.25) is 0 Å². The van der Waals surface area contributed by atoms with Crippen molar-refractivity contribution < 1.29 is 13.2 Å². The van der Waals surface area contributed by atoms with E-state index in [9.17, 15) is 8.42 Å². The molecule has 5 nitrogen and oxygen atoms in total. The van der Waals surface area contributed by atoms with Crippen LogP contribution in [0.25, 0.3) is 0 Å². The lowest BCUT2D eigenvalue weighted by atomic mass is 10.1. The molecule has 1 rings (SSSR count). The minimum Gasteiger partial charge on any atom is -0.495 e. The zero-order valence-electron chi connectivity index (χ0n) is 11.6. The van der Waals surface area contributed by atoms with Gasteiger partial charge in [-0.15, -0.1) is 0 Å². The molecule has 0 saturated heterocycles. The van der Waals surface area contributed by atoms with Gasteiger partial charge in [0.05, 0.1) is 7.11 Å². The Hall–Kier alpha value is -1.27. The van der Waals surface area contributed by atoms with Gasteiger partial charge in [0.2, 0.25) is 10.0 Å². The fraction of sp³-hybridized carbons (Fsp3) is 0.538. The highest BCUT2D eigenvalue weighted by atomic mass is 32.2. The van der Waals surface area contributed by atoms with Gasteiger partial charge < -0.3 is 10.5 Å². The maximum absolute atomic E-state index is 12.3. The van der Waals surface area contributed by atoms with Crippen molar-refractivity contribution in [3.63, 3.8) is 0 Å². The van der Waals surface area contributed by atoms with E-state index < -0.39 is 10.0 Å². The van der Waals surface area contributed by atoms with Crippen LogP contribution in [0.15, 0.2) is 23.1 Å². The second-order valence-corrected chi connectivity index (χ2v) is 6.11. The quantitative estimate of drug-likeness (QED) is 0.752. The van der Waals surface area contributed by atoms with Crippen molar-refractivity contribution in [3.05, 3.63) is 18.2 Å². The van der Waals surface area contributed by atoms with Crippen molar-refractivity contribution in [1.82, 2.24) is 4.72 Å². The van der Waals surface area contributed by atoms with E-state index in [0.29, 0.717) is 5.69 Å². The minimum absolute atomic E-state index is 0.0581. The first-order valence-electron chi connectivity index (χ1n) is 6.40. The zero-order chi connectivity index (χ0) is 14.5. The lowest BCUT2D eigenvalue weighted by Gasteiger charge is -2.17. The number of anilines is 1. The molecule has 6 heteroatoms. The Bertz CT molecular complexity index is 515. The van der Waals surface area contributed by atoms with Gasteiger partial charge in [0.25, 0.3) is 0 Å². The first kappa shape index (κ1) is 15.8. The van der Waals surface area contributed by atoms with Crippen LogP contribution >= 0.6 is 0 Å². The summed E-state index contributed by atoms with van der Waals surface area (Å²) in [6, 6.07) is 4.47. The van der Waals surface area contributed by atoms with E-state index in [4.69, 9.17) is 10.5 Å². The molecule has 0 aliphatic carbocycles. The summed E-state index contributed by atoms with van der Waals surface area (Å²) >= 11 is 0. The Kier molecular flexibility index (Phi) is 5.62. The second kappa shape index (κ2) is 6.77. The van der Waals surface area contributed by atoms with Crippen LogP contribution < -0.4 is 15.2 Å². The summed E-state index contributed by atoms with van der Waals surface area (Å²) < 4.78 is 32.5. The molecule has 0 fully saturated rings. The van der Waals surface area contributed by atoms with Crippen LogP contribution in [-0.2, 0) is 10.0 Å². The number of hydrogen-bond acceptors (Lipinski definition) is 4. The van der Waals surface area contributed by atoms with E-state index in [2.05, 4.69) is 4.72 Å². The minimum atomic E-state index is -3.58. The third-order valence-electron chi connectivity index (χ3n) is 2.93. The van der Waals surface area contributed by atoms with Gasteiger partial charge >= 0.3 is 0 Å². The average molecular weight is 286 g/mol. The van der Waals surface area contributed by atoms with E-state index >= 15 is 0 Å². The molecule has 0 saturated carbocycles. The normalized spacial score (nSPS) is 13.2. The maximum atomic E-state index is 12.3. The SMILES string of the molecule is CCCC(CC)NS(=O)(=O)c1ccc(N)cc1OC. The highest BCUT2D eigenvalue weighted by Gasteiger charge is 2.22. The second-order valence-electron chi connectivity index (χ2n) is 4.43. The van der Waals surface area contributed by atoms with Gasteiger partial charge in [-0.2, -0.15) is 0 Å². The summed E-state index contributed by atoms with van der Waals surface area (Å²) in [5, 5.41) is 0. The van der Waals surface area contributed by atoms with Gasteiger partial charge in [-0.05, 0) is 25.0 Å². The molecule has 0 amide bonds. The van der Waals surface area contributed by atoms with Crippen LogP contribution in [0.1, 0.15) is 33.1 Å². The van der Waals surface area contributed by atoms with Crippen LogP contribution in [0, 0.1) is 0 Å². The molecule has 1 aromatic carbocycles. The van der Waals surface area contributed by atoms with Crippen LogP contribution in [0.5, 0.6) is 5.75 Å².